The summed E-state index contributed by atoms with van der Waals surface area (Å²) in [6, 6.07) is 7.03. The number of hydrogen-bond acceptors (Lipinski definition) is 2. The molecule has 1 saturated carbocycles. The van der Waals surface area contributed by atoms with Gasteiger partial charge in [-0.25, -0.2) is 0 Å². The van der Waals surface area contributed by atoms with E-state index in [0.29, 0.717) is 12.0 Å². The Kier molecular flexibility index (Phi) is 5.40. The molecule has 2 rings (SSSR count). The summed E-state index contributed by atoms with van der Waals surface area (Å²) in [6.45, 7) is 7.46. The minimum absolute atomic E-state index is 0.113. The highest BCUT2D eigenvalue weighted by Gasteiger charge is 2.25. The minimum Gasteiger partial charge on any atom is -0.481 e. The highest BCUT2D eigenvalue weighted by molar-refractivity contribution is 5.69. The summed E-state index contributed by atoms with van der Waals surface area (Å²) >= 11 is 0. The molecule has 2 N–H and O–H groups in total. The molecule has 0 spiro atoms. The Hall–Kier alpha value is -1.35. The van der Waals surface area contributed by atoms with Gasteiger partial charge in [0.2, 0.25) is 0 Å². The highest BCUT2D eigenvalue weighted by Crippen LogP contribution is 2.29. The second-order valence-corrected chi connectivity index (χ2v) is 6.61. The fraction of sp³-hybridized carbons (Fsp3) is 0.611. The van der Waals surface area contributed by atoms with Crippen LogP contribution in [0.4, 0.5) is 0 Å². The van der Waals surface area contributed by atoms with Crippen LogP contribution in [0.2, 0.25) is 0 Å². The van der Waals surface area contributed by atoms with Crippen LogP contribution in [0, 0.1) is 25.7 Å². The van der Waals surface area contributed by atoms with Crippen LogP contribution < -0.4 is 5.32 Å². The smallest absolute Gasteiger partial charge is 0.306 e. The molecule has 0 aliphatic heterocycles. The third kappa shape index (κ3) is 4.57. The van der Waals surface area contributed by atoms with Crippen molar-refractivity contribution in [1.29, 1.82) is 0 Å². The standard InChI is InChI=1S/C18H27NO2/c1-12-8-13(2)10-17(9-12)14(3)19-11-15-4-6-16(7-5-15)18(20)21/h8-10,14-16,19H,4-7,11H2,1-3H3,(H,20,21). The van der Waals surface area contributed by atoms with Crippen LogP contribution in [0.3, 0.4) is 0 Å². The first kappa shape index (κ1) is 16.0. The topological polar surface area (TPSA) is 49.3 Å². The molecule has 1 aromatic rings. The molecular formula is C18H27NO2. The zero-order valence-corrected chi connectivity index (χ0v) is 13.4. The Morgan fingerprint density at radius 3 is 2.29 bits per heavy atom. The van der Waals surface area contributed by atoms with Gasteiger partial charge in [0.25, 0.3) is 0 Å². The number of hydrogen-bond donors (Lipinski definition) is 2. The predicted octanol–water partition coefficient (Wildman–Crippen LogP) is 3.85. The van der Waals surface area contributed by atoms with Crippen molar-refractivity contribution < 1.29 is 9.90 Å². The SMILES string of the molecule is Cc1cc(C)cc(C(C)NCC2CCC(C(=O)O)CC2)c1. The van der Waals surface area contributed by atoms with Gasteiger partial charge in [-0.05, 0) is 64.5 Å². The predicted molar refractivity (Wildman–Crippen MR) is 85.4 cm³/mol. The van der Waals surface area contributed by atoms with Gasteiger partial charge < -0.3 is 10.4 Å². The molecule has 1 fully saturated rings. The lowest BCUT2D eigenvalue weighted by molar-refractivity contribution is -0.143. The van der Waals surface area contributed by atoms with E-state index in [1.165, 1.54) is 16.7 Å². The highest BCUT2D eigenvalue weighted by atomic mass is 16.4. The zero-order chi connectivity index (χ0) is 15.4. The Morgan fingerprint density at radius 1 is 1.19 bits per heavy atom. The van der Waals surface area contributed by atoms with Gasteiger partial charge in [-0.15, -0.1) is 0 Å². The molecule has 0 bridgehead atoms. The van der Waals surface area contributed by atoms with Crippen molar-refractivity contribution >= 4 is 5.97 Å². The van der Waals surface area contributed by atoms with E-state index in [4.69, 9.17) is 5.11 Å². The molecule has 21 heavy (non-hydrogen) atoms. The van der Waals surface area contributed by atoms with Crippen molar-refractivity contribution in [3.8, 4) is 0 Å². The number of rotatable bonds is 5. The maximum absolute atomic E-state index is 11.0. The van der Waals surface area contributed by atoms with Crippen LogP contribution in [-0.2, 0) is 4.79 Å². The van der Waals surface area contributed by atoms with Crippen molar-refractivity contribution in [2.45, 2.75) is 52.5 Å². The summed E-state index contributed by atoms with van der Waals surface area (Å²) in [5.74, 6) is -0.114. The lowest BCUT2D eigenvalue weighted by atomic mass is 9.82. The average molecular weight is 289 g/mol. The average Bonchev–Trinajstić information content (AvgIpc) is 2.44. The number of benzene rings is 1. The fourth-order valence-electron chi connectivity index (χ4n) is 3.33. The molecule has 0 saturated heterocycles. The van der Waals surface area contributed by atoms with E-state index in [1.54, 1.807) is 0 Å². The molecule has 3 heteroatoms. The summed E-state index contributed by atoms with van der Waals surface area (Å²) in [5, 5.41) is 12.6. The second kappa shape index (κ2) is 7.08. The molecule has 3 nitrogen and oxygen atoms in total. The molecule has 0 heterocycles. The molecule has 1 atom stereocenters. The van der Waals surface area contributed by atoms with Crippen molar-refractivity contribution in [2.75, 3.05) is 6.54 Å². The van der Waals surface area contributed by atoms with Gasteiger partial charge in [0.1, 0.15) is 0 Å². The summed E-state index contributed by atoms with van der Waals surface area (Å²) in [5.41, 5.74) is 3.95. The maximum Gasteiger partial charge on any atom is 0.306 e. The van der Waals surface area contributed by atoms with Crippen molar-refractivity contribution in [2.24, 2.45) is 11.8 Å². The maximum atomic E-state index is 11.0. The summed E-state index contributed by atoms with van der Waals surface area (Å²) < 4.78 is 0. The van der Waals surface area contributed by atoms with E-state index in [-0.39, 0.29) is 5.92 Å². The quantitative estimate of drug-likeness (QED) is 0.865. The first-order valence-corrected chi connectivity index (χ1v) is 8.00. The van der Waals surface area contributed by atoms with Crippen LogP contribution in [0.15, 0.2) is 18.2 Å². The Bertz CT molecular complexity index is 470. The normalized spacial score (nSPS) is 23.8. The fourth-order valence-corrected chi connectivity index (χ4v) is 3.33. The third-order valence-corrected chi connectivity index (χ3v) is 4.65. The Labute approximate surface area is 127 Å². The van der Waals surface area contributed by atoms with Crippen molar-refractivity contribution in [3.05, 3.63) is 34.9 Å². The molecule has 0 amide bonds. The zero-order valence-electron chi connectivity index (χ0n) is 13.4. The molecule has 1 aliphatic rings. The van der Waals surface area contributed by atoms with Crippen LogP contribution in [0.1, 0.15) is 55.3 Å². The molecule has 1 aromatic carbocycles. The molecular weight excluding hydrogens is 262 g/mol. The first-order valence-electron chi connectivity index (χ1n) is 8.00. The number of aryl methyl sites for hydroxylation is 2. The Morgan fingerprint density at radius 2 is 1.76 bits per heavy atom. The van der Waals surface area contributed by atoms with E-state index < -0.39 is 5.97 Å². The third-order valence-electron chi connectivity index (χ3n) is 4.65. The van der Waals surface area contributed by atoms with E-state index >= 15 is 0 Å². The molecule has 1 unspecified atom stereocenters. The minimum atomic E-state index is -0.620. The van der Waals surface area contributed by atoms with Gasteiger partial charge in [-0.1, -0.05) is 29.3 Å². The van der Waals surface area contributed by atoms with Gasteiger partial charge in [-0.2, -0.15) is 0 Å². The number of carboxylic acid groups (broad SMARTS) is 1. The first-order chi connectivity index (χ1) is 9.95. The van der Waals surface area contributed by atoms with E-state index in [2.05, 4.69) is 44.3 Å². The van der Waals surface area contributed by atoms with Crippen molar-refractivity contribution in [1.82, 2.24) is 5.32 Å². The van der Waals surface area contributed by atoms with Crippen LogP contribution in [0.5, 0.6) is 0 Å². The van der Waals surface area contributed by atoms with E-state index in [9.17, 15) is 4.79 Å². The number of nitrogens with one attached hydrogen (secondary N) is 1. The van der Waals surface area contributed by atoms with Crippen LogP contribution in [-0.4, -0.2) is 17.6 Å². The van der Waals surface area contributed by atoms with E-state index in [1.807, 2.05) is 0 Å². The monoisotopic (exact) mass is 289 g/mol. The van der Waals surface area contributed by atoms with Gasteiger partial charge in [0.15, 0.2) is 0 Å². The van der Waals surface area contributed by atoms with E-state index in [0.717, 1.165) is 32.2 Å². The molecule has 0 aromatic heterocycles. The molecule has 1 aliphatic carbocycles. The van der Waals surface area contributed by atoms with Crippen molar-refractivity contribution in [3.63, 3.8) is 0 Å². The van der Waals surface area contributed by atoms with Gasteiger partial charge in [0, 0.05) is 6.04 Å². The molecule has 116 valence electrons. The summed E-state index contributed by atoms with van der Waals surface area (Å²) in [4.78, 5) is 11.0. The second-order valence-electron chi connectivity index (χ2n) is 6.61. The number of carboxylic acids is 1. The number of carbonyl (C=O) groups is 1. The Balaban J connectivity index is 1.82. The summed E-state index contributed by atoms with van der Waals surface area (Å²) in [7, 11) is 0. The van der Waals surface area contributed by atoms with Gasteiger partial charge in [-0.3, -0.25) is 4.79 Å². The molecule has 0 radical (unpaired) electrons. The van der Waals surface area contributed by atoms with Gasteiger partial charge >= 0.3 is 5.97 Å². The lowest BCUT2D eigenvalue weighted by Gasteiger charge is -2.27. The van der Waals surface area contributed by atoms with Crippen LogP contribution >= 0.6 is 0 Å². The number of aliphatic carboxylic acids is 1. The largest absolute Gasteiger partial charge is 0.481 e. The lowest BCUT2D eigenvalue weighted by Crippen LogP contribution is -2.30. The van der Waals surface area contributed by atoms with Gasteiger partial charge in [0.05, 0.1) is 5.92 Å². The van der Waals surface area contributed by atoms with Crippen LogP contribution in [0.25, 0.3) is 0 Å². The summed E-state index contributed by atoms with van der Waals surface area (Å²) in [6.07, 6.45) is 3.73.